The zero-order valence-corrected chi connectivity index (χ0v) is 15.1. The molecule has 6 heteroatoms. The number of fused-ring (bicyclic) bond motifs is 2. The first-order valence-corrected chi connectivity index (χ1v) is 8.91. The molecule has 136 valence electrons. The molecule has 0 bridgehead atoms. The summed E-state index contributed by atoms with van der Waals surface area (Å²) >= 11 is 0. The van der Waals surface area contributed by atoms with Gasteiger partial charge in [0.25, 0.3) is 0 Å². The summed E-state index contributed by atoms with van der Waals surface area (Å²) in [5, 5.41) is 11.6. The van der Waals surface area contributed by atoms with E-state index in [0.29, 0.717) is 22.5 Å². The van der Waals surface area contributed by atoms with Crippen molar-refractivity contribution in [1.82, 2.24) is 20.2 Å². The van der Waals surface area contributed by atoms with Gasteiger partial charge in [0.05, 0.1) is 22.6 Å². The summed E-state index contributed by atoms with van der Waals surface area (Å²) in [6, 6.07) is 18.5. The number of nitrogens with one attached hydrogen (secondary N) is 2. The highest BCUT2D eigenvalue weighted by Gasteiger charge is 2.14. The molecule has 5 aromatic rings. The van der Waals surface area contributed by atoms with E-state index < -0.39 is 0 Å². The van der Waals surface area contributed by atoms with Gasteiger partial charge in [0.1, 0.15) is 11.6 Å². The zero-order chi connectivity index (χ0) is 19.1. The summed E-state index contributed by atoms with van der Waals surface area (Å²) in [7, 11) is 0. The van der Waals surface area contributed by atoms with Crippen molar-refractivity contribution in [2.45, 2.75) is 6.92 Å². The Labute approximate surface area is 160 Å². The number of nitrogens with zero attached hydrogens (tertiary/aromatic N) is 3. The lowest BCUT2D eigenvalue weighted by atomic mass is 10.1. The van der Waals surface area contributed by atoms with Crippen molar-refractivity contribution in [2.24, 2.45) is 0 Å². The van der Waals surface area contributed by atoms with Crippen LogP contribution in [0.3, 0.4) is 0 Å². The van der Waals surface area contributed by atoms with Crippen LogP contribution in [0.25, 0.3) is 33.2 Å². The standard InChI is InChI=1S/C22H16FN5/c1-13-5-2-3-6-16(13)21-26-19-8-4-7-17(23)20(19)22(27-21)25-15-9-10-18-14(11-15)12-24-28-18/h2-12H,1H3,(H,24,28)(H,25,26,27). The first kappa shape index (κ1) is 16.4. The zero-order valence-electron chi connectivity index (χ0n) is 15.1. The second-order valence-electron chi connectivity index (χ2n) is 6.64. The molecule has 0 aliphatic carbocycles. The van der Waals surface area contributed by atoms with Crippen molar-refractivity contribution in [3.63, 3.8) is 0 Å². The Bertz CT molecular complexity index is 1330. The average molecular weight is 369 g/mol. The minimum atomic E-state index is -0.360. The highest BCUT2D eigenvalue weighted by molar-refractivity contribution is 5.94. The summed E-state index contributed by atoms with van der Waals surface area (Å²) in [4.78, 5) is 9.28. The molecule has 0 spiro atoms. The monoisotopic (exact) mass is 369 g/mol. The minimum Gasteiger partial charge on any atom is -0.339 e. The topological polar surface area (TPSA) is 66.5 Å². The Morgan fingerprint density at radius 3 is 2.75 bits per heavy atom. The molecule has 0 atom stereocenters. The average Bonchev–Trinajstić information content (AvgIpc) is 3.16. The van der Waals surface area contributed by atoms with Gasteiger partial charge in [0, 0.05) is 16.6 Å². The van der Waals surface area contributed by atoms with Crippen LogP contribution in [0.5, 0.6) is 0 Å². The van der Waals surface area contributed by atoms with E-state index in [0.717, 1.165) is 27.7 Å². The van der Waals surface area contributed by atoms with Crippen molar-refractivity contribution in [3.05, 3.63) is 78.2 Å². The Hall–Kier alpha value is -3.80. The molecule has 2 heterocycles. The number of H-pyrrole nitrogens is 1. The Morgan fingerprint density at radius 1 is 0.964 bits per heavy atom. The number of benzene rings is 3. The normalized spacial score (nSPS) is 11.2. The van der Waals surface area contributed by atoms with Crippen LogP contribution in [0.15, 0.2) is 66.9 Å². The summed E-state index contributed by atoms with van der Waals surface area (Å²) in [5.41, 5.74) is 4.27. The first-order chi connectivity index (χ1) is 13.7. The lowest BCUT2D eigenvalue weighted by Crippen LogP contribution is -2.01. The minimum absolute atomic E-state index is 0.360. The molecule has 0 saturated carbocycles. The van der Waals surface area contributed by atoms with E-state index in [1.165, 1.54) is 6.07 Å². The van der Waals surface area contributed by atoms with Crippen molar-refractivity contribution in [1.29, 1.82) is 0 Å². The number of anilines is 2. The second-order valence-corrected chi connectivity index (χ2v) is 6.64. The van der Waals surface area contributed by atoms with Crippen molar-refractivity contribution in [3.8, 4) is 11.4 Å². The van der Waals surface area contributed by atoms with Gasteiger partial charge in [-0.05, 0) is 42.8 Å². The maximum atomic E-state index is 14.6. The number of aromatic nitrogens is 4. The fraction of sp³-hybridized carbons (Fsp3) is 0.0455. The van der Waals surface area contributed by atoms with Gasteiger partial charge in [-0.2, -0.15) is 5.10 Å². The summed E-state index contributed by atoms with van der Waals surface area (Å²) < 4.78 is 14.6. The lowest BCUT2D eigenvalue weighted by Gasteiger charge is -2.13. The second kappa shape index (κ2) is 6.42. The Kier molecular flexibility index (Phi) is 3.76. The van der Waals surface area contributed by atoms with Crippen LogP contribution in [-0.4, -0.2) is 20.2 Å². The third-order valence-electron chi connectivity index (χ3n) is 4.76. The maximum Gasteiger partial charge on any atom is 0.162 e. The van der Waals surface area contributed by atoms with Crippen LogP contribution >= 0.6 is 0 Å². The fourth-order valence-corrected chi connectivity index (χ4v) is 3.33. The van der Waals surface area contributed by atoms with Crippen molar-refractivity contribution >= 4 is 33.3 Å². The van der Waals surface area contributed by atoms with E-state index in [9.17, 15) is 4.39 Å². The molecule has 2 aromatic heterocycles. The Balaban J connectivity index is 1.70. The molecule has 0 aliphatic heterocycles. The molecule has 0 unspecified atom stereocenters. The quantitative estimate of drug-likeness (QED) is 0.449. The SMILES string of the molecule is Cc1ccccc1-c1nc(Nc2ccc3[nH]ncc3c2)c2c(F)cccc2n1. The highest BCUT2D eigenvalue weighted by Crippen LogP contribution is 2.31. The van der Waals surface area contributed by atoms with Crippen LogP contribution in [0, 0.1) is 12.7 Å². The molecule has 3 aromatic carbocycles. The Morgan fingerprint density at radius 2 is 1.86 bits per heavy atom. The smallest absolute Gasteiger partial charge is 0.162 e. The van der Waals surface area contributed by atoms with Crippen LogP contribution in [0.2, 0.25) is 0 Å². The molecule has 0 radical (unpaired) electrons. The van der Waals surface area contributed by atoms with Gasteiger partial charge in [-0.3, -0.25) is 5.10 Å². The van der Waals surface area contributed by atoms with Gasteiger partial charge in [0.15, 0.2) is 5.82 Å². The van der Waals surface area contributed by atoms with Crippen LogP contribution < -0.4 is 5.32 Å². The molecular formula is C22H16FN5. The molecule has 0 saturated heterocycles. The summed E-state index contributed by atoms with van der Waals surface area (Å²) in [6.07, 6.45) is 1.75. The van der Waals surface area contributed by atoms with E-state index in [1.54, 1.807) is 18.3 Å². The van der Waals surface area contributed by atoms with Gasteiger partial charge in [-0.25, -0.2) is 14.4 Å². The van der Waals surface area contributed by atoms with Gasteiger partial charge in [-0.1, -0.05) is 30.3 Å². The predicted octanol–water partition coefficient (Wildman–Crippen LogP) is 5.36. The third-order valence-corrected chi connectivity index (χ3v) is 4.76. The largest absolute Gasteiger partial charge is 0.339 e. The predicted molar refractivity (Wildman–Crippen MR) is 109 cm³/mol. The van der Waals surface area contributed by atoms with Crippen molar-refractivity contribution < 1.29 is 4.39 Å². The number of rotatable bonds is 3. The lowest BCUT2D eigenvalue weighted by molar-refractivity contribution is 0.639. The number of hydrogen-bond donors (Lipinski definition) is 2. The molecular weight excluding hydrogens is 353 g/mol. The summed E-state index contributed by atoms with van der Waals surface area (Å²) in [6.45, 7) is 2.01. The number of halogens is 1. The third kappa shape index (κ3) is 2.75. The van der Waals surface area contributed by atoms with Gasteiger partial charge < -0.3 is 5.32 Å². The van der Waals surface area contributed by atoms with E-state index in [-0.39, 0.29) is 5.82 Å². The van der Waals surface area contributed by atoms with Crippen LogP contribution in [0.4, 0.5) is 15.9 Å². The molecule has 5 rings (SSSR count). The summed E-state index contributed by atoms with van der Waals surface area (Å²) in [5.74, 6) is 0.632. The van der Waals surface area contributed by atoms with Gasteiger partial charge in [0.2, 0.25) is 0 Å². The maximum absolute atomic E-state index is 14.6. The number of hydrogen-bond acceptors (Lipinski definition) is 4. The molecule has 5 nitrogen and oxygen atoms in total. The van der Waals surface area contributed by atoms with E-state index in [1.807, 2.05) is 49.4 Å². The van der Waals surface area contributed by atoms with Crippen LogP contribution in [-0.2, 0) is 0 Å². The highest BCUT2D eigenvalue weighted by atomic mass is 19.1. The van der Waals surface area contributed by atoms with Crippen molar-refractivity contribution in [2.75, 3.05) is 5.32 Å². The molecule has 2 N–H and O–H groups in total. The molecule has 0 fully saturated rings. The van der Waals surface area contributed by atoms with Gasteiger partial charge >= 0.3 is 0 Å². The molecule has 0 amide bonds. The van der Waals surface area contributed by atoms with Crippen LogP contribution in [0.1, 0.15) is 5.56 Å². The molecule has 0 aliphatic rings. The van der Waals surface area contributed by atoms with E-state index >= 15 is 0 Å². The number of aryl methyl sites for hydroxylation is 1. The van der Waals surface area contributed by atoms with E-state index in [2.05, 4.69) is 25.5 Å². The first-order valence-electron chi connectivity index (χ1n) is 8.91. The fourth-order valence-electron chi connectivity index (χ4n) is 3.33. The number of aromatic amines is 1. The van der Waals surface area contributed by atoms with E-state index in [4.69, 9.17) is 0 Å². The molecule has 28 heavy (non-hydrogen) atoms. The van der Waals surface area contributed by atoms with Gasteiger partial charge in [-0.15, -0.1) is 0 Å².